The van der Waals surface area contributed by atoms with Crippen molar-refractivity contribution in [3.05, 3.63) is 129 Å². The van der Waals surface area contributed by atoms with Crippen LogP contribution in [0.4, 0.5) is 33.7 Å². The summed E-state index contributed by atoms with van der Waals surface area (Å²) in [5.41, 5.74) is 13.9. The zero-order valence-corrected chi connectivity index (χ0v) is 42.7. The molecule has 4 aromatic rings. The Kier molecular flexibility index (Phi) is 18.8. The second-order valence-electron chi connectivity index (χ2n) is 22.6. The molecule has 1 amide bonds. The van der Waals surface area contributed by atoms with Crippen LogP contribution in [-0.4, -0.2) is 86.5 Å². The van der Waals surface area contributed by atoms with Crippen molar-refractivity contribution >= 4 is 17.5 Å². The number of fused-ring (bicyclic) bond motifs is 2. The van der Waals surface area contributed by atoms with Crippen LogP contribution in [0.25, 0.3) is 0 Å². The SMILES string of the molecule is CN1CCC(NC[C@@H](O)[C@@H](N)Cc2cc(F)cc(F)c2)c2cc(CC(C)(C)C)ccc21.CN1CCC(NC[C@@H](O)[C@H](Cc2cc(F)cc(F)c2)NC(=O)OC(C)(C)C)c2cc(CC(C)(C)C)ccc21. The monoisotopic (exact) mass is 963 g/mol. The molecule has 0 aliphatic carbocycles. The van der Waals surface area contributed by atoms with Crippen LogP contribution in [0.1, 0.15) is 121 Å². The summed E-state index contributed by atoms with van der Waals surface area (Å²) in [7, 11) is 4.17. The Hall–Kier alpha value is -4.73. The first-order valence-electron chi connectivity index (χ1n) is 24.3. The van der Waals surface area contributed by atoms with Gasteiger partial charge in [-0.1, -0.05) is 65.8 Å². The topological polar surface area (TPSA) is 135 Å². The number of nitrogens with one attached hydrogen (secondary N) is 3. The van der Waals surface area contributed by atoms with Crippen molar-refractivity contribution in [2.45, 2.75) is 143 Å². The van der Waals surface area contributed by atoms with Crippen LogP contribution in [0.2, 0.25) is 0 Å². The van der Waals surface area contributed by atoms with Gasteiger partial charge in [-0.2, -0.15) is 0 Å². The molecule has 380 valence electrons. The average molecular weight is 963 g/mol. The van der Waals surface area contributed by atoms with Crippen molar-refractivity contribution in [3.8, 4) is 0 Å². The van der Waals surface area contributed by atoms with Crippen molar-refractivity contribution in [1.82, 2.24) is 16.0 Å². The molecule has 0 bridgehead atoms. The number of aliphatic hydroxyl groups is 2. The highest BCUT2D eigenvalue weighted by Gasteiger charge is 2.30. The molecular weight excluding hydrogens is 885 g/mol. The van der Waals surface area contributed by atoms with Gasteiger partial charge in [-0.3, -0.25) is 0 Å². The molecule has 69 heavy (non-hydrogen) atoms. The van der Waals surface area contributed by atoms with Crippen molar-refractivity contribution in [2.24, 2.45) is 16.6 Å². The summed E-state index contributed by atoms with van der Waals surface area (Å²) >= 11 is 0. The summed E-state index contributed by atoms with van der Waals surface area (Å²) in [6.45, 7) is 20.9. The smallest absolute Gasteiger partial charge is 0.407 e. The summed E-state index contributed by atoms with van der Waals surface area (Å²) in [5.74, 6) is -2.69. The number of nitrogens with two attached hydrogens (primary N) is 1. The normalized spacial score (nSPS) is 18.0. The Morgan fingerprint density at radius 3 is 1.45 bits per heavy atom. The van der Waals surface area contributed by atoms with Gasteiger partial charge in [0, 0.05) is 81.9 Å². The number of hydrogen-bond acceptors (Lipinski definition) is 9. The molecular formula is C55H78F4N6O4. The van der Waals surface area contributed by atoms with Gasteiger partial charge in [0.05, 0.1) is 18.2 Å². The molecule has 10 nitrogen and oxygen atoms in total. The highest BCUT2D eigenvalue weighted by atomic mass is 19.1. The Morgan fingerprint density at radius 2 is 1.04 bits per heavy atom. The lowest BCUT2D eigenvalue weighted by Gasteiger charge is -2.35. The number of carbonyl (C=O) groups is 1. The fourth-order valence-electron chi connectivity index (χ4n) is 9.21. The highest BCUT2D eigenvalue weighted by Crippen LogP contribution is 2.37. The van der Waals surface area contributed by atoms with E-state index in [0.717, 1.165) is 56.6 Å². The Balaban J connectivity index is 0.000000263. The van der Waals surface area contributed by atoms with E-state index in [1.54, 1.807) is 20.8 Å². The Labute approximate surface area is 408 Å². The third kappa shape index (κ3) is 17.6. The number of rotatable bonds is 15. The maximum atomic E-state index is 13.8. The molecule has 2 aliphatic heterocycles. The van der Waals surface area contributed by atoms with Gasteiger partial charge >= 0.3 is 6.09 Å². The van der Waals surface area contributed by atoms with E-state index < -0.39 is 59.3 Å². The van der Waals surface area contributed by atoms with Crippen LogP contribution in [0.5, 0.6) is 0 Å². The van der Waals surface area contributed by atoms with E-state index >= 15 is 0 Å². The molecule has 2 unspecified atom stereocenters. The van der Waals surface area contributed by atoms with Gasteiger partial charge in [-0.15, -0.1) is 0 Å². The molecule has 4 aromatic carbocycles. The van der Waals surface area contributed by atoms with Gasteiger partial charge in [0.25, 0.3) is 0 Å². The number of amides is 1. The fraction of sp³-hybridized carbons (Fsp3) is 0.545. The minimum atomic E-state index is -1.03. The molecule has 0 spiro atoms. The van der Waals surface area contributed by atoms with Gasteiger partial charge in [-0.05, 0) is 140 Å². The standard InChI is InChI=1S/C30H43F2N3O3.C25H35F2N3O/c1-29(2,3)17-19-8-9-26-23(14-19)24(10-11-35(26)7)33-18-27(36)25(34-28(37)38-30(4,5)6)15-20-12-21(31)16-22(32)13-20;1-25(2,3)14-16-5-6-23-20(11-16)22(7-8-30(23)4)29-15-24(31)21(28)12-17-9-18(26)13-19(27)10-17/h8-9,12-14,16,24-25,27,33,36H,10-11,15,17-18H2,1-7H3,(H,34,37);5-6,9-11,13,21-22,24,29,31H,7-8,12,14-15,28H2,1-4H3/t24?,25-,27+;21-,22?,24+/m00/s1. The van der Waals surface area contributed by atoms with Crippen molar-refractivity contribution in [3.63, 3.8) is 0 Å². The van der Waals surface area contributed by atoms with E-state index in [1.807, 2.05) is 0 Å². The lowest BCUT2D eigenvalue weighted by Crippen LogP contribution is -2.50. The molecule has 0 saturated carbocycles. The predicted molar refractivity (Wildman–Crippen MR) is 270 cm³/mol. The number of alkyl carbamates (subject to hydrolysis) is 1. The maximum Gasteiger partial charge on any atom is 0.407 e. The molecule has 6 rings (SSSR count). The Morgan fingerprint density at radius 1 is 0.638 bits per heavy atom. The van der Waals surface area contributed by atoms with Crippen LogP contribution >= 0.6 is 0 Å². The number of aliphatic hydroxyl groups excluding tert-OH is 2. The largest absolute Gasteiger partial charge is 0.444 e. The minimum absolute atomic E-state index is 0.0181. The van der Waals surface area contributed by atoms with E-state index in [9.17, 15) is 32.6 Å². The molecule has 0 fully saturated rings. The minimum Gasteiger partial charge on any atom is -0.444 e. The van der Waals surface area contributed by atoms with Crippen LogP contribution < -0.4 is 31.5 Å². The third-order valence-electron chi connectivity index (χ3n) is 12.3. The quantitative estimate of drug-likeness (QED) is 0.0645. The van der Waals surface area contributed by atoms with Crippen molar-refractivity contribution in [1.29, 1.82) is 0 Å². The molecule has 14 heteroatoms. The number of hydrogen-bond donors (Lipinski definition) is 6. The van der Waals surface area contributed by atoms with E-state index in [0.29, 0.717) is 17.7 Å². The first kappa shape index (κ1) is 55.2. The zero-order chi connectivity index (χ0) is 51.0. The Bertz CT molecular complexity index is 2290. The molecule has 0 saturated heterocycles. The second kappa shape index (κ2) is 23.5. The summed E-state index contributed by atoms with van der Waals surface area (Å²) in [5, 5.41) is 31.4. The number of halogens is 4. The molecule has 2 aliphatic rings. The number of anilines is 2. The lowest BCUT2D eigenvalue weighted by atomic mass is 9.86. The lowest BCUT2D eigenvalue weighted by molar-refractivity contribution is 0.0419. The van der Waals surface area contributed by atoms with Gasteiger partial charge in [-0.25, -0.2) is 22.4 Å². The third-order valence-corrected chi connectivity index (χ3v) is 12.3. The maximum absolute atomic E-state index is 13.8. The van der Waals surface area contributed by atoms with E-state index in [4.69, 9.17) is 10.5 Å². The molecule has 0 aromatic heterocycles. The zero-order valence-electron chi connectivity index (χ0n) is 42.7. The number of ether oxygens (including phenoxy) is 1. The van der Waals surface area contributed by atoms with Crippen LogP contribution in [-0.2, 0) is 30.4 Å². The summed E-state index contributed by atoms with van der Waals surface area (Å²) in [4.78, 5) is 17.0. The average Bonchev–Trinajstić information content (AvgIpc) is 3.20. The number of nitrogens with zero attached hydrogens (tertiary/aromatic N) is 2. The van der Waals surface area contributed by atoms with Gasteiger partial charge < -0.3 is 46.4 Å². The summed E-state index contributed by atoms with van der Waals surface area (Å²) in [6.07, 6.45) is 1.42. The van der Waals surface area contributed by atoms with Gasteiger partial charge in [0.15, 0.2) is 0 Å². The van der Waals surface area contributed by atoms with E-state index in [1.165, 1.54) is 52.2 Å². The van der Waals surface area contributed by atoms with Crippen molar-refractivity contribution in [2.75, 3.05) is 50.1 Å². The predicted octanol–water partition coefficient (Wildman–Crippen LogP) is 9.48. The van der Waals surface area contributed by atoms with Gasteiger partial charge in [0.2, 0.25) is 0 Å². The van der Waals surface area contributed by atoms with Crippen molar-refractivity contribution < 1.29 is 37.3 Å². The molecule has 7 N–H and O–H groups in total. The van der Waals surface area contributed by atoms with Crippen LogP contribution in [0.15, 0.2) is 72.8 Å². The number of carbonyl (C=O) groups excluding carboxylic acids is 1. The number of benzene rings is 4. The molecule has 0 radical (unpaired) electrons. The highest BCUT2D eigenvalue weighted by molar-refractivity contribution is 5.68. The molecule has 6 atom stereocenters. The van der Waals surface area contributed by atoms with E-state index in [2.05, 4.69) is 118 Å². The van der Waals surface area contributed by atoms with Gasteiger partial charge in [0.1, 0.15) is 28.9 Å². The first-order valence-corrected chi connectivity index (χ1v) is 24.3. The first-order chi connectivity index (χ1) is 32.1. The van der Waals surface area contributed by atoms with Crippen LogP contribution in [0.3, 0.4) is 0 Å². The molecule has 2 heterocycles. The fourth-order valence-corrected chi connectivity index (χ4v) is 9.21. The van der Waals surface area contributed by atoms with Crippen LogP contribution in [0, 0.1) is 34.1 Å². The summed E-state index contributed by atoms with van der Waals surface area (Å²) < 4.78 is 59.9. The second-order valence-corrected chi connectivity index (χ2v) is 22.6. The summed E-state index contributed by atoms with van der Waals surface area (Å²) in [6, 6.07) is 18.5. The van der Waals surface area contributed by atoms with E-state index in [-0.39, 0.29) is 42.3 Å².